The maximum absolute atomic E-state index is 13.7. The second-order valence-electron chi connectivity index (χ2n) is 6.98. The summed E-state index contributed by atoms with van der Waals surface area (Å²) < 4.78 is 19.6. The molecule has 1 aromatic heterocycles. The average molecular weight is 421 g/mol. The Morgan fingerprint density at radius 2 is 1.83 bits per heavy atom. The number of fused-ring (bicyclic) bond motifs is 1. The van der Waals surface area contributed by atoms with Crippen LogP contribution in [0.25, 0.3) is 11.0 Å². The van der Waals surface area contributed by atoms with Gasteiger partial charge in [-0.25, -0.2) is 9.38 Å². The lowest BCUT2D eigenvalue weighted by atomic mass is 10.1. The molecule has 4 nitrogen and oxygen atoms in total. The van der Waals surface area contributed by atoms with Crippen molar-refractivity contribution in [1.82, 2.24) is 0 Å². The van der Waals surface area contributed by atoms with Gasteiger partial charge in [-0.3, -0.25) is 4.79 Å². The Hall–Kier alpha value is -3.44. The molecular formula is C24H18ClFN2O2. The number of nitrogens with zero attached hydrogens (tertiary/aromatic N) is 1. The number of halogens is 2. The summed E-state index contributed by atoms with van der Waals surface area (Å²) in [7, 11) is 0. The minimum Gasteiger partial charge on any atom is -0.438 e. The van der Waals surface area contributed by atoms with Crippen molar-refractivity contribution in [3.05, 3.63) is 99.8 Å². The zero-order valence-electron chi connectivity index (χ0n) is 16.4. The van der Waals surface area contributed by atoms with E-state index in [9.17, 15) is 9.18 Å². The lowest BCUT2D eigenvalue weighted by Gasteiger charge is -2.10. The molecule has 0 atom stereocenters. The van der Waals surface area contributed by atoms with E-state index in [-0.39, 0.29) is 27.7 Å². The summed E-state index contributed by atoms with van der Waals surface area (Å²) in [5.74, 6) is -0.872. The fraction of sp³-hybridized carbons (Fsp3) is 0.0833. The quantitative estimate of drug-likeness (QED) is 0.421. The number of hydrogen-bond donors (Lipinski definition) is 1. The maximum atomic E-state index is 13.7. The Kier molecular flexibility index (Phi) is 5.38. The van der Waals surface area contributed by atoms with E-state index in [0.29, 0.717) is 11.3 Å². The first-order valence-corrected chi connectivity index (χ1v) is 9.70. The first kappa shape index (κ1) is 19.9. The fourth-order valence-corrected chi connectivity index (χ4v) is 3.30. The summed E-state index contributed by atoms with van der Waals surface area (Å²) in [4.78, 5) is 17.5. The average Bonchev–Trinajstić information content (AvgIpc) is 2.72. The summed E-state index contributed by atoms with van der Waals surface area (Å²) in [5.41, 5.74) is 3.71. The number of anilines is 1. The van der Waals surface area contributed by atoms with Crippen LogP contribution in [0, 0.1) is 19.7 Å². The van der Waals surface area contributed by atoms with Gasteiger partial charge >= 0.3 is 0 Å². The Balaban J connectivity index is 1.87. The molecule has 0 aliphatic carbocycles. The molecule has 0 bridgehead atoms. The zero-order chi connectivity index (χ0) is 21.3. The van der Waals surface area contributed by atoms with E-state index < -0.39 is 5.82 Å². The predicted molar refractivity (Wildman–Crippen MR) is 117 cm³/mol. The van der Waals surface area contributed by atoms with E-state index in [2.05, 4.69) is 10.3 Å². The molecule has 0 spiro atoms. The summed E-state index contributed by atoms with van der Waals surface area (Å²) in [6, 6.07) is 18.6. The van der Waals surface area contributed by atoms with Gasteiger partial charge in [-0.2, -0.15) is 0 Å². The maximum Gasteiger partial charge on any atom is 0.261 e. The van der Waals surface area contributed by atoms with E-state index in [0.717, 1.165) is 16.5 Å². The van der Waals surface area contributed by atoms with Gasteiger partial charge in [-0.15, -0.1) is 0 Å². The number of amides is 1. The fourth-order valence-electron chi connectivity index (χ4n) is 3.14. The summed E-state index contributed by atoms with van der Waals surface area (Å²) in [6.45, 7) is 3.91. The van der Waals surface area contributed by atoms with Crippen LogP contribution in [0.3, 0.4) is 0 Å². The number of aryl methyl sites for hydroxylation is 2. The van der Waals surface area contributed by atoms with Crippen molar-refractivity contribution in [2.24, 2.45) is 4.99 Å². The van der Waals surface area contributed by atoms with Crippen molar-refractivity contribution < 1.29 is 13.6 Å². The highest BCUT2D eigenvalue weighted by Crippen LogP contribution is 2.25. The molecule has 0 saturated carbocycles. The molecule has 0 unspecified atom stereocenters. The van der Waals surface area contributed by atoms with Crippen LogP contribution in [0.2, 0.25) is 5.02 Å². The number of rotatable bonds is 3. The number of hydrogen-bond acceptors (Lipinski definition) is 3. The third-order valence-corrected chi connectivity index (χ3v) is 4.98. The largest absolute Gasteiger partial charge is 0.438 e. The van der Waals surface area contributed by atoms with Crippen LogP contribution in [0.4, 0.5) is 15.8 Å². The molecule has 30 heavy (non-hydrogen) atoms. The lowest BCUT2D eigenvalue weighted by molar-refractivity contribution is 0.102. The van der Waals surface area contributed by atoms with Crippen LogP contribution >= 0.6 is 11.6 Å². The molecule has 0 saturated heterocycles. The molecule has 0 aliphatic rings. The molecule has 0 fully saturated rings. The first-order chi connectivity index (χ1) is 14.4. The zero-order valence-corrected chi connectivity index (χ0v) is 17.1. The van der Waals surface area contributed by atoms with Gasteiger partial charge in [0.15, 0.2) is 0 Å². The number of benzene rings is 3. The highest BCUT2D eigenvalue weighted by Gasteiger charge is 2.15. The Morgan fingerprint density at radius 3 is 2.63 bits per heavy atom. The number of carbonyl (C=O) groups excluding carboxylic acids is 1. The van der Waals surface area contributed by atoms with E-state index >= 15 is 0 Å². The Labute approximate surface area is 177 Å². The van der Waals surface area contributed by atoms with Crippen molar-refractivity contribution >= 4 is 39.9 Å². The standard InChI is InChI=1S/C24H18ClFN2O2/c1-14-7-10-20(15(2)11-14)27-23(29)18-12-16-5-3-4-6-22(16)30-24(18)28-21-13-17(26)8-9-19(21)25/h3-13H,1-2H3,(H,27,29). The van der Waals surface area contributed by atoms with Crippen molar-refractivity contribution in [2.75, 3.05) is 5.32 Å². The van der Waals surface area contributed by atoms with Gasteiger partial charge in [0, 0.05) is 17.1 Å². The first-order valence-electron chi connectivity index (χ1n) is 9.32. The summed E-state index contributed by atoms with van der Waals surface area (Å²) >= 11 is 6.16. The van der Waals surface area contributed by atoms with E-state index in [1.165, 1.54) is 18.2 Å². The molecule has 3 aromatic carbocycles. The molecule has 1 amide bonds. The predicted octanol–water partition coefficient (Wildman–Crippen LogP) is 6.33. The van der Waals surface area contributed by atoms with Crippen LogP contribution in [-0.2, 0) is 0 Å². The Morgan fingerprint density at radius 1 is 1.03 bits per heavy atom. The van der Waals surface area contributed by atoms with Gasteiger partial charge in [0.25, 0.3) is 5.91 Å². The van der Waals surface area contributed by atoms with E-state index in [1.54, 1.807) is 12.1 Å². The number of para-hydroxylation sites is 1. The van der Waals surface area contributed by atoms with Crippen LogP contribution in [0.15, 0.2) is 76.1 Å². The van der Waals surface area contributed by atoms with E-state index in [4.69, 9.17) is 16.0 Å². The second kappa shape index (κ2) is 8.13. The second-order valence-corrected chi connectivity index (χ2v) is 7.39. The summed E-state index contributed by atoms with van der Waals surface area (Å²) in [5, 5.41) is 3.90. The number of nitrogens with one attached hydrogen (secondary N) is 1. The molecule has 6 heteroatoms. The van der Waals surface area contributed by atoms with Crippen molar-refractivity contribution in [3.63, 3.8) is 0 Å². The molecule has 1 N–H and O–H groups in total. The topological polar surface area (TPSA) is 54.6 Å². The van der Waals surface area contributed by atoms with Gasteiger partial charge in [0.2, 0.25) is 5.55 Å². The minimum atomic E-state index is -0.486. The molecule has 1 heterocycles. The third-order valence-electron chi connectivity index (χ3n) is 4.66. The van der Waals surface area contributed by atoms with E-state index in [1.807, 2.05) is 50.2 Å². The number of carbonyl (C=O) groups is 1. The van der Waals surface area contributed by atoms with Crippen molar-refractivity contribution in [1.29, 1.82) is 0 Å². The van der Waals surface area contributed by atoms with Gasteiger partial charge in [0.1, 0.15) is 17.0 Å². The van der Waals surface area contributed by atoms with Crippen LogP contribution < -0.4 is 10.9 Å². The smallest absolute Gasteiger partial charge is 0.261 e. The highest BCUT2D eigenvalue weighted by atomic mass is 35.5. The van der Waals surface area contributed by atoms with Gasteiger partial charge in [-0.1, -0.05) is 47.5 Å². The summed E-state index contributed by atoms with van der Waals surface area (Å²) in [6.07, 6.45) is 0. The minimum absolute atomic E-state index is 0.0449. The van der Waals surface area contributed by atoms with Gasteiger partial charge < -0.3 is 9.73 Å². The molecular weight excluding hydrogens is 403 g/mol. The van der Waals surface area contributed by atoms with Crippen LogP contribution in [0.1, 0.15) is 21.5 Å². The normalized spacial score (nSPS) is 11.7. The monoisotopic (exact) mass is 420 g/mol. The van der Waals surface area contributed by atoms with Crippen molar-refractivity contribution in [3.8, 4) is 0 Å². The molecule has 4 rings (SSSR count). The highest BCUT2D eigenvalue weighted by molar-refractivity contribution is 6.32. The molecule has 0 radical (unpaired) electrons. The van der Waals surface area contributed by atoms with Crippen molar-refractivity contribution in [2.45, 2.75) is 13.8 Å². The lowest BCUT2D eigenvalue weighted by Crippen LogP contribution is -2.22. The molecule has 0 aliphatic heterocycles. The Bertz CT molecular complexity index is 1340. The van der Waals surface area contributed by atoms with Gasteiger partial charge in [-0.05, 0) is 49.7 Å². The van der Waals surface area contributed by atoms with Crippen LogP contribution in [-0.4, -0.2) is 5.91 Å². The van der Waals surface area contributed by atoms with Crippen LogP contribution in [0.5, 0.6) is 0 Å². The SMILES string of the molecule is Cc1ccc(NC(=O)c2cc3ccccc3oc2=Nc2cc(F)ccc2Cl)c(C)c1. The molecule has 150 valence electrons. The molecule has 4 aromatic rings. The third kappa shape index (κ3) is 4.11. The van der Waals surface area contributed by atoms with Gasteiger partial charge in [0.05, 0.1) is 10.7 Å².